The van der Waals surface area contributed by atoms with E-state index in [1.54, 1.807) is 20.8 Å². The van der Waals surface area contributed by atoms with Crippen molar-refractivity contribution in [2.24, 2.45) is 0 Å². The lowest BCUT2D eigenvalue weighted by molar-refractivity contribution is 0.0484. The molecule has 0 bridgehead atoms. The van der Waals surface area contributed by atoms with Crippen molar-refractivity contribution in [3.63, 3.8) is 0 Å². The topological polar surface area (TPSA) is 38.3 Å². The van der Waals surface area contributed by atoms with E-state index in [9.17, 15) is 9.18 Å². The van der Waals surface area contributed by atoms with Gasteiger partial charge >= 0.3 is 6.09 Å². The molecule has 0 unspecified atom stereocenters. The lowest BCUT2D eigenvalue weighted by Gasteiger charge is -2.22. The van der Waals surface area contributed by atoms with E-state index in [0.29, 0.717) is 12.8 Å². The Morgan fingerprint density at radius 1 is 1.43 bits per heavy atom. The van der Waals surface area contributed by atoms with Crippen molar-refractivity contribution in [1.29, 1.82) is 0 Å². The van der Waals surface area contributed by atoms with Gasteiger partial charge in [0.2, 0.25) is 0 Å². The molecule has 0 aliphatic heterocycles. The van der Waals surface area contributed by atoms with E-state index in [2.05, 4.69) is 5.32 Å². The number of rotatable bonds is 1. The van der Waals surface area contributed by atoms with Crippen molar-refractivity contribution in [3.05, 3.63) is 0 Å². The molecule has 2 atom stereocenters. The van der Waals surface area contributed by atoms with E-state index in [4.69, 9.17) is 4.74 Å². The third-order valence-electron chi connectivity index (χ3n) is 2.13. The van der Waals surface area contributed by atoms with Crippen LogP contribution < -0.4 is 5.32 Å². The Hall–Kier alpha value is -0.800. The molecule has 1 amide bonds. The Morgan fingerprint density at radius 2 is 2.07 bits per heavy atom. The van der Waals surface area contributed by atoms with E-state index in [1.807, 2.05) is 0 Å². The number of carbonyl (C=O) groups excluding carboxylic acids is 1. The van der Waals surface area contributed by atoms with Gasteiger partial charge in [-0.1, -0.05) is 0 Å². The molecule has 4 heteroatoms. The van der Waals surface area contributed by atoms with Gasteiger partial charge in [0.05, 0.1) is 6.04 Å². The largest absolute Gasteiger partial charge is 0.444 e. The van der Waals surface area contributed by atoms with E-state index in [1.165, 1.54) is 0 Å². The van der Waals surface area contributed by atoms with Crippen LogP contribution in [-0.4, -0.2) is 23.9 Å². The summed E-state index contributed by atoms with van der Waals surface area (Å²) in [5, 5.41) is 2.55. The average Bonchev–Trinajstić information content (AvgIpc) is 2.32. The van der Waals surface area contributed by atoms with Crippen LogP contribution in [0.2, 0.25) is 0 Å². The summed E-state index contributed by atoms with van der Waals surface area (Å²) in [4.78, 5) is 11.3. The first-order chi connectivity index (χ1) is 6.38. The summed E-state index contributed by atoms with van der Waals surface area (Å²) >= 11 is 0. The zero-order chi connectivity index (χ0) is 10.8. The van der Waals surface area contributed by atoms with Gasteiger partial charge in [-0.15, -0.1) is 0 Å². The van der Waals surface area contributed by atoms with Gasteiger partial charge in [-0.05, 0) is 40.0 Å². The molecule has 3 nitrogen and oxygen atoms in total. The molecule has 1 N–H and O–H groups in total. The number of nitrogens with one attached hydrogen (secondary N) is 1. The monoisotopic (exact) mass is 203 g/mol. The van der Waals surface area contributed by atoms with Crippen molar-refractivity contribution >= 4 is 6.09 Å². The van der Waals surface area contributed by atoms with Crippen molar-refractivity contribution in [1.82, 2.24) is 5.32 Å². The summed E-state index contributed by atoms with van der Waals surface area (Å²) in [6.07, 6.45) is 0.650. The summed E-state index contributed by atoms with van der Waals surface area (Å²) < 4.78 is 18.1. The number of alkyl halides is 1. The minimum atomic E-state index is -0.914. The number of carbonyl (C=O) groups is 1. The van der Waals surface area contributed by atoms with Gasteiger partial charge in [-0.2, -0.15) is 0 Å². The molecule has 0 heterocycles. The summed E-state index contributed by atoms with van der Waals surface area (Å²) in [7, 11) is 0. The highest BCUT2D eigenvalue weighted by atomic mass is 19.1. The van der Waals surface area contributed by atoms with E-state index < -0.39 is 17.9 Å². The van der Waals surface area contributed by atoms with Gasteiger partial charge in [0.25, 0.3) is 0 Å². The Bertz CT molecular complexity index is 213. The van der Waals surface area contributed by atoms with Crippen molar-refractivity contribution in [2.45, 2.75) is 57.8 Å². The van der Waals surface area contributed by atoms with Crippen LogP contribution in [0.5, 0.6) is 0 Å². The Balaban J connectivity index is 2.33. The second-order valence-corrected chi connectivity index (χ2v) is 4.70. The highest BCUT2D eigenvalue weighted by Crippen LogP contribution is 2.22. The van der Waals surface area contributed by atoms with Crippen molar-refractivity contribution in [2.75, 3.05) is 0 Å². The van der Waals surface area contributed by atoms with Crippen LogP contribution in [0.15, 0.2) is 0 Å². The number of hydrogen-bond donors (Lipinski definition) is 1. The van der Waals surface area contributed by atoms with Crippen LogP contribution in [0, 0.1) is 0 Å². The molecular formula is C10H18FNO2. The van der Waals surface area contributed by atoms with Gasteiger partial charge in [0.15, 0.2) is 0 Å². The van der Waals surface area contributed by atoms with Crippen LogP contribution in [0.3, 0.4) is 0 Å². The van der Waals surface area contributed by atoms with Gasteiger partial charge in [0.1, 0.15) is 11.8 Å². The Labute approximate surface area is 84.0 Å². The highest BCUT2D eigenvalue weighted by Gasteiger charge is 2.29. The summed E-state index contributed by atoms with van der Waals surface area (Å²) in [5.41, 5.74) is -0.519. The van der Waals surface area contributed by atoms with E-state index in [0.717, 1.165) is 6.42 Å². The zero-order valence-electron chi connectivity index (χ0n) is 8.97. The lowest BCUT2D eigenvalue weighted by atomic mass is 10.2. The van der Waals surface area contributed by atoms with Crippen LogP contribution >= 0.6 is 0 Å². The number of halogens is 1. The first-order valence-electron chi connectivity index (χ1n) is 5.02. The summed E-state index contributed by atoms with van der Waals surface area (Å²) in [5.74, 6) is 0. The maximum absolute atomic E-state index is 13.1. The fourth-order valence-corrected chi connectivity index (χ4v) is 1.54. The smallest absolute Gasteiger partial charge is 0.407 e. The summed E-state index contributed by atoms with van der Waals surface area (Å²) in [6, 6.07) is -0.357. The minimum Gasteiger partial charge on any atom is -0.444 e. The SMILES string of the molecule is CC(C)(C)OC(=O)N[C@@H]1CCC[C@@H]1F. The van der Waals surface area contributed by atoms with E-state index >= 15 is 0 Å². The Kier molecular flexibility index (Phi) is 3.34. The van der Waals surface area contributed by atoms with Crippen molar-refractivity contribution < 1.29 is 13.9 Å². The molecule has 0 radical (unpaired) electrons. The molecule has 0 aromatic heterocycles. The third kappa shape index (κ3) is 3.52. The van der Waals surface area contributed by atoms with Gasteiger partial charge in [-0.3, -0.25) is 0 Å². The molecule has 1 saturated carbocycles. The van der Waals surface area contributed by atoms with Crippen LogP contribution in [0.1, 0.15) is 40.0 Å². The molecule has 0 aromatic rings. The normalized spacial score (nSPS) is 27.4. The molecule has 1 fully saturated rings. The second-order valence-electron chi connectivity index (χ2n) is 4.70. The molecule has 0 saturated heterocycles. The molecule has 1 rings (SSSR count). The van der Waals surface area contributed by atoms with Crippen LogP contribution in [0.4, 0.5) is 9.18 Å². The first-order valence-corrected chi connectivity index (χ1v) is 5.02. The van der Waals surface area contributed by atoms with Crippen molar-refractivity contribution in [3.8, 4) is 0 Å². The minimum absolute atomic E-state index is 0.357. The number of amides is 1. The fourth-order valence-electron chi connectivity index (χ4n) is 1.54. The Morgan fingerprint density at radius 3 is 2.50 bits per heavy atom. The predicted molar refractivity (Wildman–Crippen MR) is 51.9 cm³/mol. The maximum atomic E-state index is 13.1. The number of alkyl carbamates (subject to hydrolysis) is 1. The second kappa shape index (κ2) is 4.15. The first kappa shape index (κ1) is 11.3. The molecular weight excluding hydrogens is 185 g/mol. The van der Waals surface area contributed by atoms with Gasteiger partial charge < -0.3 is 10.1 Å². The molecule has 1 aliphatic rings. The fraction of sp³-hybridized carbons (Fsp3) is 0.900. The maximum Gasteiger partial charge on any atom is 0.407 e. The van der Waals surface area contributed by atoms with Gasteiger partial charge in [-0.25, -0.2) is 9.18 Å². The predicted octanol–water partition coefficient (Wildman–Crippen LogP) is 2.40. The molecule has 0 spiro atoms. The molecule has 0 aromatic carbocycles. The lowest BCUT2D eigenvalue weighted by Crippen LogP contribution is -2.41. The average molecular weight is 203 g/mol. The van der Waals surface area contributed by atoms with Crippen LogP contribution in [-0.2, 0) is 4.74 Å². The molecule has 1 aliphatic carbocycles. The van der Waals surface area contributed by atoms with Gasteiger partial charge in [0, 0.05) is 0 Å². The van der Waals surface area contributed by atoms with Crippen LogP contribution in [0.25, 0.3) is 0 Å². The van der Waals surface area contributed by atoms with E-state index in [-0.39, 0.29) is 6.04 Å². The number of hydrogen-bond acceptors (Lipinski definition) is 2. The quantitative estimate of drug-likeness (QED) is 0.710. The molecule has 14 heavy (non-hydrogen) atoms. The molecule has 82 valence electrons. The third-order valence-corrected chi connectivity index (χ3v) is 2.13. The highest BCUT2D eigenvalue weighted by molar-refractivity contribution is 5.68. The zero-order valence-corrected chi connectivity index (χ0v) is 8.97. The summed E-state index contributed by atoms with van der Waals surface area (Å²) in [6.45, 7) is 5.36. The standard InChI is InChI=1S/C10H18FNO2/c1-10(2,3)14-9(13)12-8-6-4-5-7(8)11/h7-8H,4-6H2,1-3H3,(H,12,13)/t7-,8+/m0/s1. The number of ether oxygens (including phenoxy) is 1.